The summed E-state index contributed by atoms with van der Waals surface area (Å²) >= 11 is 1.64. The van der Waals surface area contributed by atoms with Gasteiger partial charge in [-0.05, 0) is 43.0 Å². The fourth-order valence-electron chi connectivity index (χ4n) is 1.90. The van der Waals surface area contributed by atoms with E-state index in [2.05, 4.69) is 5.32 Å². The highest BCUT2D eigenvalue weighted by Crippen LogP contribution is 2.21. The Balaban J connectivity index is 2.26. The number of hydrogen-bond donors (Lipinski definition) is 2. The van der Waals surface area contributed by atoms with Crippen molar-refractivity contribution in [2.24, 2.45) is 0 Å². The number of carbonyl (C=O) groups excluding carboxylic acids is 1. The van der Waals surface area contributed by atoms with Gasteiger partial charge >= 0.3 is 0 Å². The lowest BCUT2D eigenvalue weighted by Crippen LogP contribution is -2.15. The molecule has 0 fully saturated rings. The van der Waals surface area contributed by atoms with Gasteiger partial charge in [0.05, 0.1) is 5.56 Å². The van der Waals surface area contributed by atoms with E-state index in [9.17, 15) is 4.79 Å². The van der Waals surface area contributed by atoms with Crippen molar-refractivity contribution in [2.75, 3.05) is 17.3 Å². The van der Waals surface area contributed by atoms with E-state index in [0.29, 0.717) is 11.3 Å². The summed E-state index contributed by atoms with van der Waals surface area (Å²) in [5.41, 5.74) is 8.56. The second-order valence-corrected chi connectivity index (χ2v) is 5.10. The number of nitrogen functional groups attached to an aromatic ring is 1. The average molecular weight is 272 g/mol. The molecule has 19 heavy (non-hydrogen) atoms. The van der Waals surface area contributed by atoms with Crippen LogP contribution in [0.5, 0.6) is 0 Å². The molecular formula is C15H16N2OS. The van der Waals surface area contributed by atoms with Gasteiger partial charge in [0, 0.05) is 16.3 Å². The molecule has 0 saturated carbocycles. The summed E-state index contributed by atoms with van der Waals surface area (Å²) in [5, 5.41) is 2.88. The largest absolute Gasteiger partial charge is 0.398 e. The number of benzene rings is 2. The predicted octanol–water partition coefficient (Wildman–Crippen LogP) is 3.55. The molecule has 1 amide bonds. The summed E-state index contributed by atoms with van der Waals surface area (Å²) in [5.74, 6) is -0.172. The van der Waals surface area contributed by atoms with Crippen LogP contribution in [0.4, 0.5) is 11.4 Å². The molecule has 0 aliphatic carbocycles. The lowest BCUT2D eigenvalue weighted by molar-refractivity contribution is 0.102. The van der Waals surface area contributed by atoms with Gasteiger partial charge in [-0.25, -0.2) is 0 Å². The Kier molecular flexibility index (Phi) is 4.12. The van der Waals surface area contributed by atoms with E-state index >= 15 is 0 Å². The van der Waals surface area contributed by atoms with Crippen molar-refractivity contribution in [1.82, 2.24) is 0 Å². The molecule has 4 heteroatoms. The Bertz CT molecular complexity index is 591. The first-order chi connectivity index (χ1) is 9.11. The van der Waals surface area contributed by atoms with E-state index in [1.54, 1.807) is 17.8 Å². The Morgan fingerprint density at radius 1 is 1.21 bits per heavy atom. The molecule has 0 unspecified atom stereocenters. The van der Waals surface area contributed by atoms with Gasteiger partial charge in [-0.15, -0.1) is 11.8 Å². The summed E-state index contributed by atoms with van der Waals surface area (Å²) in [6.45, 7) is 1.88. The Labute approximate surface area is 117 Å². The van der Waals surface area contributed by atoms with Gasteiger partial charge in [0.2, 0.25) is 0 Å². The fraction of sp³-hybridized carbons (Fsp3) is 0.133. The van der Waals surface area contributed by atoms with Crippen molar-refractivity contribution in [1.29, 1.82) is 0 Å². The van der Waals surface area contributed by atoms with Crippen molar-refractivity contribution in [2.45, 2.75) is 11.8 Å². The Morgan fingerprint density at radius 2 is 1.95 bits per heavy atom. The van der Waals surface area contributed by atoms with Gasteiger partial charge in [0.1, 0.15) is 0 Å². The summed E-state index contributed by atoms with van der Waals surface area (Å²) in [6.07, 6.45) is 2.00. The van der Waals surface area contributed by atoms with Gasteiger partial charge in [0.25, 0.3) is 5.91 Å². The minimum absolute atomic E-state index is 0.172. The highest BCUT2D eigenvalue weighted by Gasteiger charge is 2.12. The molecule has 0 atom stereocenters. The van der Waals surface area contributed by atoms with Crippen LogP contribution >= 0.6 is 11.8 Å². The molecule has 2 rings (SSSR count). The molecule has 0 aromatic heterocycles. The summed E-state index contributed by atoms with van der Waals surface area (Å²) in [4.78, 5) is 13.4. The smallest absolute Gasteiger partial charge is 0.258 e. The molecule has 0 aliphatic rings. The maximum atomic E-state index is 12.3. The molecule has 0 aliphatic heterocycles. The van der Waals surface area contributed by atoms with E-state index in [4.69, 9.17) is 5.73 Å². The van der Waals surface area contributed by atoms with Crippen LogP contribution in [0.1, 0.15) is 15.9 Å². The normalized spacial score (nSPS) is 10.2. The van der Waals surface area contributed by atoms with Crippen molar-refractivity contribution in [3.8, 4) is 0 Å². The first-order valence-electron chi connectivity index (χ1n) is 5.92. The molecule has 0 bridgehead atoms. The molecule has 98 valence electrons. The van der Waals surface area contributed by atoms with Crippen LogP contribution in [0.15, 0.2) is 47.4 Å². The Hall–Kier alpha value is -1.94. The van der Waals surface area contributed by atoms with Gasteiger partial charge < -0.3 is 11.1 Å². The molecule has 2 aromatic rings. The number of anilines is 2. The van der Waals surface area contributed by atoms with E-state index in [1.165, 1.54) is 0 Å². The quantitative estimate of drug-likeness (QED) is 0.663. The SMILES string of the molecule is CSc1cccc(NC(=O)c2c(C)cccc2N)c1. The zero-order chi connectivity index (χ0) is 13.8. The third kappa shape index (κ3) is 3.09. The maximum absolute atomic E-state index is 12.3. The summed E-state index contributed by atoms with van der Waals surface area (Å²) in [7, 11) is 0. The number of aryl methyl sites for hydroxylation is 1. The average Bonchev–Trinajstić information content (AvgIpc) is 2.38. The second kappa shape index (κ2) is 5.80. The standard InChI is InChI=1S/C15H16N2OS/c1-10-5-3-8-13(16)14(10)15(18)17-11-6-4-7-12(9-11)19-2/h3-9H,16H2,1-2H3,(H,17,18). The molecule has 2 aromatic carbocycles. The number of carbonyl (C=O) groups is 1. The zero-order valence-corrected chi connectivity index (χ0v) is 11.8. The lowest BCUT2D eigenvalue weighted by atomic mass is 10.1. The second-order valence-electron chi connectivity index (χ2n) is 4.23. The predicted molar refractivity (Wildman–Crippen MR) is 81.8 cm³/mol. The third-order valence-corrected chi connectivity index (χ3v) is 3.59. The van der Waals surface area contributed by atoms with Crippen molar-refractivity contribution < 1.29 is 4.79 Å². The highest BCUT2D eigenvalue weighted by molar-refractivity contribution is 7.98. The van der Waals surface area contributed by atoms with Gasteiger partial charge in [0.15, 0.2) is 0 Å². The van der Waals surface area contributed by atoms with Gasteiger partial charge in [-0.3, -0.25) is 4.79 Å². The minimum Gasteiger partial charge on any atom is -0.398 e. The van der Waals surface area contributed by atoms with Gasteiger partial charge in [-0.2, -0.15) is 0 Å². The number of amides is 1. The fourth-order valence-corrected chi connectivity index (χ4v) is 2.35. The van der Waals surface area contributed by atoms with Crippen LogP contribution in [0.2, 0.25) is 0 Å². The van der Waals surface area contributed by atoms with Crippen LogP contribution in [0.25, 0.3) is 0 Å². The molecular weight excluding hydrogens is 256 g/mol. The zero-order valence-electron chi connectivity index (χ0n) is 10.9. The van der Waals surface area contributed by atoms with Gasteiger partial charge in [-0.1, -0.05) is 18.2 Å². The van der Waals surface area contributed by atoms with Crippen LogP contribution in [0, 0.1) is 6.92 Å². The minimum atomic E-state index is -0.172. The number of rotatable bonds is 3. The molecule has 3 N–H and O–H groups in total. The van der Waals surface area contributed by atoms with E-state index in [0.717, 1.165) is 16.1 Å². The van der Waals surface area contributed by atoms with Crippen molar-refractivity contribution >= 4 is 29.0 Å². The maximum Gasteiger partial charge on any atom is 0.258 e. The topological polar surface area (TPSA) is 55.1 Å². The van der Waals surface area contributed by atoms with Crippen molar-refractivity contribution in [3.05, 3.63) is 53.6 Å². The highest BCUT2D eigenvalue weighted by atomic mass is 32.2. The van der Waals surface area contributed by atoms with E-state index in [1.807, 2.05) is 49.6 Å². The van der Waals surface area contributed by atoms with E-state index in [-0.39, 0.29) is 5.91 Å². The molecule has 0 radical (unpaired) electrons. The third-order valence-electron chi connectivity index (χ3n) is 2.86. The first-order valence-corrected chi connectivity index (χ1v) is 7.15. The molecule has 0 spiro atoms. The van der Waals surface area contributed by atoms with Crippen LogP contribution in [-0.4, -0.2) is 12.2 Å². The first kappa shape index (κ1) is 13.5. The van der Waals surface area contributed by atoms with Crippen LogP contribution in [0.3, 0.4) is 0 Å². The van der Waals surface area contributed by atoms with E-state index < -0.39 is 0 Å². The van der Waals surface area contributed by atoms with Crippen LogP contribution in [-0.2, 0) is 0 Å². The Morgan fingerprint density at radius 3 is 2.63 bits per heavy atom. The lowest BCUT2D eigenvalue weighted by Gasteiger charge is -2.10. The molecule has 0 heterocycles. The number of nitrogens with two attached hydrogens (primary N) is 1. The summed E-state index contributed by atoms with van der Waals surface area (Å²) < 4.78 is 0. The number of nitrogens with one attached hydrogen (secondary N) is 1. The number of hydrogen-bond acceptors (Lipinski definition) is 3. The van der Waals surface area contributed by atoms with Crippen molar-refractivity contribution in [3.63, 3.8) is 0 Å². The monoisotopic (exact) mass is 272 g/mol. The van der Waals surface area contributed by atoms with Crippen LogP contribution < -0.4 is 11.1 Å². The molecule has 3 nitrogen and oxygen atoms in total. The number of thioether (sulfide) groups is 1. The molecule has 0 saturated heterocycles. The summed E-state index contributed by atoms with van der Waals surface area (Å²) in [6, 6.07) is 13.2.